The van der Waals surface area contributed by atoms with Crippen molar-refractivity contribution < 1.29 is 19.1 Å². The lowest BCUT2D eigenvalue weighted by Gasteiger charge is -2.14. The summed E-state index contributed by atoms with van der Waals surface area (Å²) in [5.41, 5.74) is 0.492. The number of esters is 1. The van der Waals surface area contributed by atoms with Gasteiger partial charge in [0, 0.05) is 15.6 Å². The molecule has 0 aromatic heterocycles. The number of nitrogens with zero attached hydrogens (tertiary/aromatic N) is 1. The third-order valence-electron chi connectivity index (χ3n) is 4.33. The largest absolute Gasteiger partial charge is 0.459 e. The molecule has 0 bridgehead atoms. The van der Waals surface area contributed by atoms with Gasteiger partial charge in [0.2, 0.25) is 11.8 Å². The number of ether oxygens (including phenoxy) is 1. The Labute approximate surface area is 149 Å². The summed E-state index contributed by atoms with van der Waals surface area (Å²) in [6.07, 6.45) is 4.87. The molecule has 1 aliphatic heterocycles. The molecule has 1 heterocycles. The number of allylic oxidation sites excluding steroid dienone is 2. The molecular formula is C17H15Cl2NO4. The summed E-state index contributed by atoms with van der Waals surface area (Å²) in [6.45, 7) is -0.491. The van der Waals surface area contributed by atoms with Gasteiger partial charge in [-0.05, 0) is 25.0 Å². The Balaban J connectivity index is 1.61. The highest BCUT2D eigenvalue weighted by molar-refractivity contribution is 6.35. The van der Waals surface area contributed by atoms with Crippen LogP contribution in [-0.2, 0) is 25.7 Å². The van der Waals surface area contributed by atoms with Crippen molar-refractivity contribution in [2.24, 2.45) is 11.8 Å². The van der Waals surface area contributed by atoms with Crippen molar-refractivity contribution in [1.29, 1.82) is 0 Å². The van der Waals surface area contributed by atoms with Crippen LogP contribution < -0.4 is 0 Å². The van der Waals surface area contributed by atoms with Gasteiger partial charge in [-0.3, -0.25) is 19.3 Å². The number of carbonyl (C=O) groups excluding carboxylic acids is 3. The minimum atomic E-state index is -0.667. The lowest BCUT2D eigenvalue weighted by Crippen LogP contribution is -2.36. The van der Waals surface area contributed by atoms with Crippen molar-refractivity contribution in [3.8, 4) is 0 Å². The van der Waals surface area contributed by atoms with E-state index in [2.05, 4.69) is 0 Å². The number of halogens is 2. The van der Waals surface area contributed by atoms with E-state index in [-0.39, 0.29) is 36.8 Å². The third-order valence-corrected chi connectivity index (χ3v) is 5.03. The lowest BCUT2D eigenvalue weighted by molar-refractivity contribution is -0.153. The molecule has 2 atom stereocenters. The highest BCUT2D eigenvalue weighted by atomic mass is 35.5. The van der Waals surface area contributed by atoms with E-state index in [1.165, 1.54) is 0 Å². The van der Waals surface area contributed by atoms with Crippen LogP contribution in [0.2, 0.25) is 10.0 Å². The van der Waals surface area contributed by atoms with Gasteiger partial charge in [-0.25, -0.2) is 0 Å². The van der Waals surface area contributed by atoms with Crippen molar-refractivity contribution >= 4 is 41.0 Å². The van der Waals surface area contributed by atoms with Gasteiger partial charge in [0.15, 0.2) is 0 Å². The number of rotatable bonds is 4. The van der Waals surface area contributed by atoms with Crippen LogP contribution in [0.5, 0.6) is 0 Å². The van der Waals surface area contributed by atoms with Gasteiger partial charge in [-0.15, -0.1) is 0 Å². The molecule has 1 aromatic rings. The van der Waals surface area contributed by atoms with Crippen molar-refractivity contribution in [3.05, 3.63) is 46.0 Å². The molecule has 0 unspecified atom stereocenters. The molecule has 1 saturated heterocycles. The van der Waals surface area contributed by atoms with Crippen LogP contribution in [0.4, 0.5) is 0 Å². The smallest absolute Gasteiger partial charge is 0.326 e. The third kappa shape index (κ3) is 3.19. The summed E-state index contributed by atoms with van der Waals surface area (Å²) >= 11 is 12.0. The first-order valence-electron chi connectivity index (χ1n) is 7.57. The zero-order chi connectivity index (χ0) is 17.3. The van der Waals surface area contributed by atoms with E-state index in [1.807, 2.05) is 12.2 Å². The molecule has 7 heteroatoms. The van der Waals surface area contributed by atoms with E-state index >= 15 is 0 Å². The number of hydrogen-bond donors (Lipinski definition) is 0. The van der Waals surface area contributed by atoms with Gasteiger partial charge in [-0.2, -0.15) is 0 Å². The lowest BCUT2D eigenvalue weighted by atomic mass is 9.85. The van der Waals surface area contributed by atoms with Crippen LogP contribution in [0.1, 0.15) is 18.4 Å². The number of likely N-dealkylation sites (tertiary alicyclic amines) is 1. The van der Waals surface area contributed by atoms with E-state index in [0.29, 0.717) is 28.5 Å². The SMILES string of the molecule is O=C(CN1C(=O)[C@H]2CC=CC[C@H]2C1=O)OCc1c(Cl)cccc1Cl. The average Bonchev–Trinajstić information content (AvgIpc) is 2.80. The molecule has 0 radical (unpaired) electrons. The highest BCUT2D eigenvalue weighted by Crippen LogP contribution is 2.35. The molecule has 0 spiro atoms. The summed E-state index contributed by atoms with van der Waals surface area (Å²) in [4.78, 5) is 37.6. The average molecular weight is 368 g/mol. The molecule has 2 amide bonds. The topological polar surface area (TPSA) is 63.7 Å². The number of amides is 2. The Morgan fingerprint density at radius 1 is 1.08 bits per heavy atom. The molecule has 3 rings (SSSR count). The molecule has 1 aromatic carbocycles. The quantitative estimate of drug-likeness (QED) is 0.466. The molecule has 0 N–H and O–H groups in total. The molecular weight excluding hydrogens is 353 g/mol. The maximum absolute atomic E-state index is 12.3. The number of fused-ring (bicyclic) bond motifs is 1. The fraction of sp³-hybridized carbons (Fsp3) is 0.353. The first-order valence-corrected chi connectivity index (χ1v) is 8.33. The number of carbonyl (C=O) groups is 3. The normalized spacial score (nSPS) is 22.7. The van der Waals surface area contributed by atoms with Crippen LogP contribution in [-0.4, -0.2) is 29.2 Å². The van der Waals surface area contributed by atoms with Crippen LogP contribution in [0.3, 0.4) is 0 Å². The highest BCUT2D eigenvalue weighted by Gasteiger charge is 2.47. The molecule has 2 aliphatic rings. The van der Waals surface area contributed by atoms with E-state index in [9.17, 15) is 14.4 Å². The predicted octanol–water partition coefficient (Wildman–Crippen LogP) is 2.99. The predicted molar refractivity (Wildman–Crippen MR) is 88.3 cm³/mol. The molecule has 0 saturated carbocycles. The second kappa shape index (κ2) is 6.95. The van der Waals surface area contributed by atoms with Gasteiger partial charge in [0.1, 0.15) is 13.2 Å². The summed E-state index contributed by atoms with van der Waals surface area (Å²) < 4.78 is 5.13. The van der Waals surface area contributed by atoms with E-state index in [0.717, 1.165) is 4.90 Å². The maximum atomic E-state index is 12.3. The molecule has 1 fully saturated rings. The Bertz CT molecular complexity index is 685. The van der Waals surface area contributed by atoms with Crippen LogP contribution in [0.25, 0.3) is 0 Å². The summed E-state index contributed by atoms with van der Waals surface area (Å²) in [5, 5.41) is 0.779. The van der Waals surface area contributed by atoms with Crippen LogP contribution >= 0.6 is 23.2 Å². The number of imide groups is 1. The standard InChI is InChI=1S/C17H15Cl2NO4/c18-13-6-3-7-14(19)12(13)9-24-15(21)8-20-16(22)10-4-1-2-5-11(10)17(20)23/h1-3,6-7,10-11H,4-5,8-9H2/t10-,11+. The number of hydrogen-bond acceptors (Lipinski definition) is 4. The van der Waals surface area contributed by atoms with Gasteiger partial charge < -0.3 is 4.74 Å². The van der Waals surface area contributed by atoms with E-state index in [1.54, 1.807) is 18.2 Å². The minimum Gasteiger partial charge on any atom is -0.459 e. The molecule has 1 aliphatic carbocycles. The zero-order valence-corrected chi connectivity index (χ0v) is 14.2. The van der Waals surface area contributed by atoms with Crippen molar-refractivity contribution in [2.75, 3.05) is 6.54 Å². The molecule has 5 nitrogen and oxygen atoms in total. The maximum Gasteiger partial charge on any atom is 0.326 e. The molecule has 126 valence electrons. The summed E-state index contributed by atoms with van der Waals surface area (Å²) in [5.74, 6) is -1.98. The summed E-state index contributed by atoms with van der Waals surface area (Å²) in [6, 6.07) is 4.97. The first kappa shape index (κ1) is 17.0. The van der Waals surface area contributed by atoms with E-state index < -0.39 is 5.97 Å². The Morgan fingerprint density at radius 3 is 2.17 bits per heavy atom. The Morgan fingerprint density at radius 2 is 1.62 bits per heavy atom. The first-order chi connectivity index (χ1) is 11.5. The van der Waals surface area contributed by atoms with Gasteiger partial charge >= 0.3 is 5.97 Å². The fourth-order valence-corrected chi connectivity index (χ4v) is 3.53. The minimum absolute atomic E-state index is 0.109. The number of benzene rings is 1. The Hall–Kier alpha value is -1.85. The van der Waals surface area contributed by atoms with Gasteiger partial charge in [-0.1, -0.05) is 41.4 Å². The van der Waals surface area contributed by atoms with Crippen molar-refractivity contribution in [3.63, 3.8) is 0 Å². The summed E-state index contributed by atoms with van der Waals surface area (Å²) in [7, 11) is 0. The van der Waals surface area contributed by atoms with E-state index in [4.69, 9.17) is 27.9 Å². The zero-order valence-electron chi connectivity index (χ0n) is 12.7. The second-order valence-electron chi connectivity index (χ2n) is 5.78. The molecule has 24 heavy (non-hydrogen) atoms. The van der Waals surface area contributed by atoms with Gasteiger partial charge in [0.25, 0.3) is 0 Å². The second-order valence-corrected chi connectivity index (χ2v) is 6.59. The van der Waals surface area contributed by atoms with Crippen LogP contribution in [0, 0.1) is 11.8 Å². The fourth-order valence-electron chi connectivity index (χ4n) is 3.02. The van der Waals surface area contributed by atoms with Crippen LogP contribution in [0.15, 0.2) is 30.4 Å². The Kier molecular flexibility index (Phi) is 4.92. The van der Waals surface area contributed by atoms with Gasteiger partial charge in [0.05, 0.1) is 11.8 Å². The van der Waals surface area contributed by atoms with Crippen molar-refractivity contribution in [2.45, 2.75) is 19.4 Å². The monoisotopic (exact) mass is 367 g/mol. The van der Waals surface area contributed by atoms with Crippen molar-refractivity contribution in [1.82, 2.24) is 4.90 Å².